The molecule has 1 heterocycles. The van der Waals surface area contributed by atoms with Crippen molar-refractivity contribution in [1.82, 2.24) is 0 Å². The second-order valence-electron chi connectivity index (χ2n) is 4.62. The number of allylic oxidation sites excluding steroid dienone is 1. The molecule has 2 rings (SSSR count). The molecule has 0 saturated heterocycles. The highest BCUT2D eigenvalue weighted by Crippen LogP contribution is 2.37. The van der Waals surface area contributed by atoms with E-state index in [4.69, 9.17) is 4.74 Å². The van der Waals surface area contributed by atoms with Gasteiger partial charge in [0.25, 0.3) is 0 Å². The third kappa shape index (κ3) is 2.29. The molecule has 1 aromatic rings. The van der Waals surface area contributed by atoms with E-state index in [1.54, 1.807) is 0 Å². The zero-order chi connectivity index (χ0) is 13.3. The third-order valence-corrected chi connectivity index (χ3v) is 3.37. The molecule has 0 bridgehead atoms. The van der Waals surface area contributed by atoms with E-state index < -0.39 is 12.2 Å². The SMILES string of the molecule is C/C=C(\C)[C@H]1Oc2cc(O)cc(O)c2CC[C@H]1O. The molecule has 1 aliphatic heterocycles. The summed E-state index contributed by atoms with van der Waals surface area (Å²) in [5.41, 5.74) is 1.57. The quantitative estimate of drug-likeness (QED) is 0.668. The van der Waals surface area contributed by atoms with Crippen LogP contribution in [0.2, 0.25) is 0 Å². The van der Waals surface area contributed by atoms with Gasteiger partial charge in [-0.2, -0.15) is 0 Å². The van der Waals surface area contributed by atoms with Gasteiger partial charge in [-0.1, -0.05) is 6.08 Å². The number of phenolic OH excluding ortho intramolecular Hbond substituents is 2. The molecule has 1 aliphatic rings. The van der Waals surface area contributed by atoms with E-state index in [0.29, 0.717) is 24.2 Å². The number of rotatable bonds is 1. The number of aliphatic hydroxyl groups is 1. The van der Waals surface area contributed by atoms with Crippen LogP contribution in [0.5, 0.6) is 17.2 Å². The van der Waals surface area contributed by atoms with Crippen LogP contribution in [-0.2, 0) is 6.42 Å². The molecule has 0 radical (unpaired) electrons. The van der Waals surface area contributed by atoms with Crippen LogP contribution in [0.1, 0.15) is 25.8 Å². The average molecular weight is 250 g/mol. The molecule has 0 spiro atoms. The van der Waals surface area contributed by atoms with Crippen LogP contribution in [-0.4, -0.2) is 27.5 Å². The Morgan fingerprint density at radius 2 is 2.11 bits per heavy atom. The first-order valence-electron chi connectivity index (χ1n) is 6.05. The van der Waals surface area contributed by atoms with Gasteiger partial charge < -0.3 is 20.1 Å². The van der Waals surface area contributed by atoms with Gasteiger partial charge in [-0.25, -0.2) is 0 Å². The highest BCUT2D eigenvalue weighted by Gasteiger charge is 2.28. The Labute approximate surface area is 106 Å². The van der Waals surface area contributed by atoms with Gasteiger partial charge in [-0.15, -0.1) is 0 Å². The van der Waals surface area contributed by atoms with Crippen molar-refractivity contribution in [2.24, 2.45) is 0 Å². The van der Waals surface area contributed by atoms with Crippen molar-refractivity contribution in [3.05, 3.63) is 29.3 Å². The van der Waals surface area contributed by atoms with Crippen molar-refractivity contribution in [2.75, 3.05) is 0 Å². The minimum atomic E-state index is -0.616. The maximum atomic E-state index is 10.1. The van der Waals surface area contributed by atoms with Crippen LogP contribution in [0.4, 0.5) is 0 Å². The molecule has 1 aromatic carbocycles. The Hall–Kier alpha value is -1.68. The zero-order valence-electron chi connectivity index (χ0n) is 10.6. The van der Waals surface area contributed by atoms with Gasteiger partial charge in [0.15, 0.2) is 0 Å². The van der Waals surface area contributed by atoms with Gasteiger partial charge in [0, 0.05) is 17.7 Å². The summed E-state index contributed by atoms with van der Waals surface area (Å²) in [6, 6.07) is 2.76. The Bertz CT molecular complexity index is 479. The van der Waals surface area contributed by atoms with Crippen molar-refractivity contribution in [3.8, 4) is 17.2 Å². The Kier molecular flexibility index (Phi) is 3.48. The molecule has 4 heteroatoms. The Morgan fingerprint density at radius 1 is 1.39 bits per heavy atom. The number of benzene rings is 1. The lowest BCUT2D eigenvalue weighted by atomic mass is 10.0. The molecule has 2 atom stereocenters. The second kappa shape index (κ2) is 4.90. The molecule has 0 saturated carbocycles. The predicted molar refractivity (Wildman–Crippen MR) is 67.9 cm³/mol. The number of aliphatic hydroxyl groups excluding tert-OH is 1. The first-order valence-corrected chi connectivity index (χ1v) is 6.05. The van der Waals surface area contributed by atoms with Gasteiger partial charge in [0.2, 0.25) is 0 Å². The fraction of sp³-hybridized carbons (Fsp3) is 0.429. The summed E-state index contributed by atoms with van der Waals surface area (Å²) in [5, 5.41) is 29.4. The standard InChI is InChI=1S/C14H18O4/c1-3-8(2)14-11(16)5-4-10-12(17)6-9(15)7-13(10)18-14/h3,6-7,11,14-17H,4-5H2,1-2H3/b8-3+/t11-,14-/m1/s1. The minimum Gasteiger partial charge on any atom is -0.508 e. The summed E-state index contributed by atoms with van der Waals surface area (Å²) in [4.78, 5) is 0. The third-order valence-electron chi connectivity index (χ3n) is 3.37. The Morgan fingerprint density at radius 3 is 2.78 bits per heavy atom. The van der Waals surface area contributed by atoms with Gasteiger partial charge in [0.1, 0.15) is 23.4 Å². The van der Waals surface area contributed by atoms with E-state index in [-0.39, 0.29) is 11.5 Å². The van der Waals surface area contributed by atoms with E-state index in [0.717, 1.165) is 5.57 Å². The molecule has 0 aromatic heterocycles. The minimum absolute atomic E-state index is 0.0102. The first kappa shape index (κ1) is 12.8. The lowest BCUT2D eigenvalue weighted by molar-refractivity contribution is 0.0585. The lowest BCUT2D eigenvalue weighted by Gasteiger charge is -2.22. The lowest BCUT2D eigenvalue weighted by Crippen LogP contribution is -2.31. The van der Waals surface area contributed by atoms with Crippen molar-refractivity contribution in [1.29, 1.82) is 0 Å². The summed E-state index contributed by atoms with van der Waals surface area (Å²) < 4.78 is 5.75. The molecular weight excluding hydrogens is 232 g/mol. The highest BCUT2D eigenvalue weighted by molar-refractivity contribution is 5.50. The van der Waals surface area contributed by atoms with Gasteiger partial charge in [-0.05, 0) is 32.3 Å². The van der Waals surface area contributed by atoms with E-state index >= 15 is 0 Å². The number of aromatic hydroxyl groups is 2. The molecule has 4 nitrogen and oxygen atoms in total. The molecule has 0 amide bonds. The summed E-state index contributed by atoms with van der Waals surface area (Å²) in [5.74, 6) is 0.408. The van der Waals surface area contributed by atoms with Gasteiger partial charge in [0.05, 0.1) is 6.10 Å². The van der Waals surface area contributed by atoms with Crippen LogP contribution < -0.4 is 4.74 Å². The predicted octanol–water partition coefficient (Wildman–Crippen LogP) is 2.12. The zero-order valence-corrected chi connectivity index (χ0v) is 10.6. The van der Waals surface area contributed by atoms with Gasteiger partial charge >= 0.3 is 0 Å². The molecule has 98 valence electrons. The molecule has 3 N–H and O–H groups in total. The van der Waals surface area contributed by atoms with Gasteiger partial charge in [-0.3, -0.25) is 0 Å². The number of hydrogen-bond donors (Lipinski definition) is 3. The second-order valence-corrected chi connectivity index (χ2v) is 4.62. The van der Waals surface area contributed by atoms with E-state index in [1.807, 2.05) is 19.9 Å². The smallest absolute Gasteiger partial charge is 0.145 e. The number of ether oxygens (including phenoxy) is 1. The van der Waals surface area contributed by atoms with Crippen molar-refractivity contribution in [2.45, 2.75) is 38.9 Å². The van der Waals surface area contributed by atoms with Crippen LogP contribution in [0.15, 0.2) is 23.8 Å². The number of hydrogen-bond acceptors (Lipinski definition) is 4. The molecule has 0 aliphatic carbocycles. The van der Waals surface area contributed by atoms with Crippen molar-refractivity contribution in [3.63, 3.8) is 0 Å². The molecule has 0 unspecified atom stereocenters. The van der Waals surface area contributed by atoms with Crippen LogP contribution >= 0.6 is 0 Å². The van der Waals surface area contributed by atoms with Crippen molar-refractivity contribution < 1.29 is 20.1 Å². The number of fused-ring (bicyclic) bond motifs is 1. The fourth-order valence-corrected chi connectivity index (χ4v) is 2.19. The van der Waals surface area contributed by atoms with Crippen LogP contribution in [0.25, 0.3) is 0 Å². The van der Waals surface area contributed by atoms with Crippen LogP contribution in [0.3, 0.4) is 0 Å². The summed E-state index contributed by atoms with van der Waals surface area (Å²) in [7, 11) is 0. The van der Waals surface area contributed by atoms with E-state index in [2.05, 4.69) is 0 Å². The summed E-state index contributed by atoms with van der Waals surface area (Å²) >= 11 is 0. The van der Waals surface area contributed by atoms with Crippen molar-refractivity contribution >= 4 is 0 Å². The first-order chi connectivity index (χ1) is 8.52. The fourth-order valence-electron chi connectivity index (χ4n) is 2.19. The number of phenols is 2. The molecule has 18 heavy (non-hydrogen) atoms. The summed E-state index contributed by atoms with van der Waals surface area (Å²) in [6.07, 6.45) is 1.88. The maximum Gasteiger partial charge on any atom is 0.145 e. The van der Waals surface area contributed by atoms with E-state index in [1.165, 1.54) is 12.1 Å². The monoisotopic (exact) mass is 250 g/mol. The maximum absolute atomic E-state index is 10.1. The molecular formula is C14H18O4. The molecule has 0 fully saturated rings. The van der Waals surface area contributed by atoms with Crippen LogP contribution in [0, 0.1) is 0 Å². The largest absolute Gasteiger partial charge is 0.508 e. The average Bonchev–Trinajstić information content (AvgIpc) is 2.48. The topological polar surface area (TPSA) is 69.9 Å². The highest BCUT2D eigenvalue weighted by atomic mass is 16.5. The summed E-state index contributed by atoms with van der Waals surface area (Å²) in [6.45, 7) is 3.78. The Balaban J connectivity index is 2.42. The normalized spacial score (nSPS) is 24.1. The van der Waals surface area contributed by atoms with E-state index in [9.17, 15) is 15.3 Å².